The quantitative estimate of drug-likeness (QED) is 0.489. The molecule has 2 rings (SSSR count). The van der Waals surface area contributed by atoms with Gasteiger partial charge in [-0.15, -0.1) is 11.8 Å². The Morgan fingerprint density at radius 2 is 1.48 bits per heavy atom. The van der Waals surface area contributed by atoms with Gasteiger partial charge >= 0.3 is 0 Å². The average Bonchev–Trinajstić information content (AvgIpc) is 2.69. The summed E-state index contributed by atoms with van der Waals surface area (Å²) in [5.41, 5.74) is 0. The molecule has 0 aliphatic carbocycles. The Morgan fingerprint density at radius 3 is 1.93 bits per heavy atom. The molecular formula is C25H33O2SiTi. The second kappa shape index (κ2) is 12.5. The summed E-state index contributed by atoms with van der Waals surface area (Å²) in [6.07, 6.45) is 3.61. The van der Waals surface area contributed by atoms with Crippen LogP contribution in [0.15, 0.2) is 60.7 Å². The summed E-state index contributed by atoms with van der Waals surface area (Å²) in [7, 11) is -2.53. The first-order chi connectivity index (χ1) is 13.4. The van der Waals surface area contributed by atoms with Gasteiger partial charge in [0.1, 0.15) is 0 Å². The smallest absolute Gasteiger partial charge is 0.261 e. The van der Waals surface area contributed by atoms with Crippen molar-refractivity contribution in [2.24, 2.45) is 0 Å². The molecule has 0 fully saturated rings. The molecule has 0 aromatic heterocycles. The molecule has 0 aliphatic heterocycles. The van der Waals surface area contributed by atoms with Crippen LogP contribution < -0.4 is 10.4 Å². The van der Waals surface area contributed by atoms with Crippen LogP contribution in [0.1, 0.15) is 47.0 Å². The van der Waals surface area contributed by atoms with Gasteiger partial charge in [-0.2, -0.15) is 0 Å². The molecule has 153 valence electrons. The summed E-state index contributed by atoms with van der Waals surface area (Å²) in [6, 6.07) is 21.2. The average molecular weight is 441 g/mol. The van der Waals surface area contributed by atoms with Gasteiger partial charge in [0.2, 0.25) is 0 Å². The van der Waals surface area contributed by atoms with Gasteiger partial charge < -0.3 is 9.53 Å². The zero-order chi connectivity index (χ0) is 20.5. The molecule has 0 saturated heterocycles. The largest absolute Gasteiger partial charge is 0.407 e. The van der Waals surface area contributed by atoms with Crippen LogP contribution in [-0.2, 0) is 26.1 Å². The van der Waals surface area contributed by atoms with E-state index >= 15 is 0 Å². The van der Waals surface area contributed by atoms with E-state index in [9.17, 15) is 5.11 Å². The van der Waals surface area contributed by atoms with Crippen molar-refractivity contribution >= 4 is 18.7 Å². The summed E-state index contributed by atoms with van der Waals surface area (Å²) >= 11 is 0. The van der Waals surface area contributed by atoms with Gasteiger partial charge in [-0.1, -0.05) is 88.4 Å². The van der Waals surface area contributed by atoms with Crippen molar-refractivity contribution in [2.75, 3.05) is 6.61 Å². The molecule has 0 heterocycles. The van der Waals surface area contributed by atoms with Crippen molar-refractivity contribution in [3.63, 3.8) is 0 Å². The van der Waals surface area contributed by atoms with Crippen LogP contribution in [0.5, 0.6) is 0 Å². The number of benzene rings is 2. The van der Waals surface area contributed by atoms with E-state index in [0.29, 0.717) is 19.4 Å². The minimum atomic E-state index is -2.53. The minimum Gasteiger partial charge on any atom is -0.407 e. The Hall–Kier alpha value is -1.15. The maximum Gasteiger partial charge on any atom is 0.261 e. The Morgan fingerprint density at radius 1 is 0.966 bits per heavy atom. The third kappa shape index (κ3) is 6.95. The minimum absolute atomic E-state index is 0. The zero-order valence-corrected chi connectivity index (χ0v) is 20.7. The number of aliphatic hydroxyl groups is 1. The topological polar surface area (TPSA) is 29.5 Å². The van der Waals surface area contributed by atoms with Crippen molar-refractivity contribution in [3.8, 4) is 11.8 Å². The summed E-state index contributed by atoms with van der Waals surface area (Å²) in [5.74, 6) is 6.13. The molecule has 0 spiro atoms. The van der Waals surface area contributed by atoms with Gasteiger partial charge in [-0.25, -0.2) is 0 Å². The van der Waals surface area contributed by atoms with Crippen LogP contribution >= 0.6 is 0 Å². The van der Waals surface area contributed by atoms with E-state index in [2.05, 4.69) is 81.1 Å². The van der Waals surface area contributed by atoms with Crippen LogP contribution in [0.2, 0.25) is 5.04 Å². The number of aliphatic hydroxyl groups excluding tert-OH is 1. The van der Waals surface area contributed by atoms with Crippen molar-refractivity contribution in [2.45, 2.75) is 58.1 Å². The van der Waals surface area contributed by atoms with E-state index in [0.717, 1.165) is 6.42 Å². The molecule has 0 amide bonds. The standard InChI is InChI=1S/C25H33O2Si.Ti/c1-5-6-7-10-15-22(26)20-21-27-28(25(2,3)4,23-16-11-8-12-17-23)24-18-13-9-14-19-24;/h8-9,11-14,16-20,22,26H,5,10,15,21H2,1-4H3;/t22-;/m1./s1. The second-order valence-corrected chi connectivity index (χ2v) is 12.3. The van der Waals surface area contributed by atoms with Gasteiger partial charge in [0.15, 0.2) is 0 Å². The van der Waals surface area contributed by atoms with Gasteiger partial charge in [-0.3, -0.25) is 0 Å². The molecule has 1 radical (unpaired) electrons. The third-order valence-corrected chi connectivity index (χ3v) is 9.96. The molecule has 2 nitrogen and oxygen atoms in total. The predicted molar refractivity (Wildman–Crippen MR) is 121 cm³/mol. The molecule has 0 aliphatic rings. The fourth-order valence-electron chi connectivity index (χ4n) is 3.60. The Labute approximate surface area is 193 Å². The Balaban J connectivity index is 0.00000420. The van der Waals surface area contributed by atoms with Gasteiger partial charge in [0.05, 0.1) is 6.10 Å². The molecule has 0 unspecified atom stereocenters. The van der Waals surface area contributed by atoms with E-state index < -0.39 is 14.4 Å². The van der Waals surface area contributed by atoms with Gasteiger partial charge in [-0.05, 0) is 21.8 Å². The first-order valence-electron chi connectivity index (χ1n) is 10.1. The van der Waals surface area contributed by atoms with Gasteiger partial charge in [0, 0.05) is 47.6 Å². The monoisotopic (exact) mass is 441 g/mol. The molecule has 2 aromatic carbocycles. The first kappa shape index (κ1) is 25.9. The number of hydrogen-bond donors (Lipinski definition) is 1. The number of hydrogen-bond acceptors (Lipinski definition) is 2. The van der Waals surface area contributed by atoms with Crippen LogP contribution in [-0.4, -0.2) is 26.1 Å². The van der Waals surface area contributed by atoms with E-state index in [1.807, 2.05) is 25.5 Å². The van der Waals surface area contributed by atoms with Crippen molar-refractivity contribution in [1.29, 1.82) is 0 Å². The second-order valence-electron chi connectivity index (χ2n) is 8.02. The van der Waals surface area contributed by atoms with Crippen LogP contribution in [0.4, 0.5) is 0 Å². The van der Waals surface area contributed by atoms with E-state index in [-0.39, 0.29) is 26.8 Å². The van der Waals surface area contributed by atoms with E-state index in [4.69, 9.17) is 4.43 Å². The zero-order valence-electron chi connectivity index (χ0n) is 18.1. The normalized spacial score (nSPS) is 12.4. The Kier molecular flexibility index (Phi) is 11.2. The maximum absolute atomic E-state index is 10.3. The molecule has 1 N–H and O–H groups in total. The van der Waals surface area contributed by atoms with Crippen LogP contribution in [0.3, 0.4) is 0 Å². The van der Waals surface area contributed by atoms with Crippen LogP contribution in [0.25, 0.3) is 0 Å². The fourth-order valence-corrected chi connectivity index (χ4v) is 8.10. The number of rotatable bonds is 8. The predicted octanol–water partition coefficient (Wildman–Crippen LogP) is 4.32. The van der Waals surface area contributed by atoms with Crippen molar-refractivity contribution in [1.82, 2.24) is 0 Å². The maximum atomic E-state index is 10.3. The molecule has 2 aromatic rings. The molecule has 1 atom stereocenters. The Bertz CT molecular complexity index is 721. The molecule has 0 saturated carbocycles. The molecule has 4 heteroatoms. The SMILES string of the molecule is CCC#CCC[C@@H](O)[CH]CO[Si](c1ccccc1)(c1ccccc1)C(C)(C)C.[Ti]. The molecule has 29 heavy (non-hydrogen) atoms. The summed E-state index contributed by atoms with van der Waals surface area (Å²) < 4.78 is 6.75. The molecule has 0 bridgehead atoms. The van der Waals surface area contributed by atoms with Crippen molar-refractivity contribution < 1.29 is 31.3 Å². The van der Waals surface area contributed by atoms with Crippen LogP contribution in [0, 0.1) is 18.3 Å². The summed E-state index contributed by atoms with van der Waals surface area (Å²) in [4.78, 5) is 0. The third-order valence-electron chi connectivity index (χ3n) is 4.95. The summed E-state index contributed by atoms with van der Waals surface area (Å²) in [6.45, 7) is 9.24. The van der Waals surface area contributed by atoms with E-state index in [1.54, 1.807) is 0 Å². The molecular weight excluding hydrogens is 408 g/mol. The summed E-state index contributed by atoms with van der Waals surface area (Å²) in [5, 5.41) is 12.8. The van der Waals surface area contributed by atoms with Gasteiger partial charge in [0.25, 0.3) is 8.32 Å². The van der Waals surface area contributed by atoms with Crippen molar-refractivity contribution in [3.05, 3.63) is 67.1 Å². The van der Waals surface area contributed by atoms with E-state index in [1.165, 1.54) is 10.4 Å². The fraction of sp³-hybridized carbons (Fsp3) is 0.400. The first-order valence-corrected chi connectivity index (χ1v) is 12.0.